The number of rotatable bonds is 6. The summed E-state index contributed by atoms with van der Waals surface area (Å²) >= 11 is 0. The minimum atomic E-state index is -4.41. The van der Waals surface area contributed by atoms with Crippen LogP contribution in [0.4, 0.5) is 18.9 Å². The van der Waals surface area contributed by atoms with E-state index >= 15 is 4.39 Å². The number of nitrogens with zero attached hydrogens (tertiary/aromatic N) is 3. The molecular weight excluding hydrogens is 479 g/mol. The fourth-order valence-corrected chi connectivity index (χ4v) is 4.85. The van der Waals surface area contributed by atoms with Gasteiger partial charge in [0.25, 0.3) is 10.0 Å². The SMILES string of the molecule is C=CN1C=C(c2c(F)ccc(NS(=O)(=O)c3cc(F)cnc3C)c2F)C=C/C1=C(/C)c1ncc[nH]1. The van der Waals surface area contributed by atoms with Crippen LogP contribution in [0.2, 0.25) is 0 Å². The smallest absolute Gasteiger partial charge is 0.263 e. The summed E-state index contributed by atoms with van der Waals surface area (Å²) in [4.78, 5) is 12.0. The van der Waals surface area contributed by atoms with Gasteiger partial charge >= 0.3 is 0 Å². The number of imidazole rings is 1. The van der Waals surface area contributed by atoms with E-state index in [1.54, 1.807) is 23.4 Å². The second-order valence-corrected chi connectivity index (χ2v) is 9.23. The Morgan fingerprint density at radius 2 is 1.97 bits per heavy atom. The Bertz CT molecular complexity index is 1510. The van der Waals surface area contributed by atoms with Crippen LogP contribution in [0.5, 0.6) is 0 Å². The number of benzene rings is 1. The van der Waals surface area contributed by atoms with Gasteiger partial charge in [0.05, 0.1) is 28.8 Å². The highest BCUT2D eigenvalue weighted by molar-refractivity contribution is 7.92. The van der Waals surface area contributed by atoms with Crippen molar-refractivity contribution in [2.24, 2.45) is 0 Å². The lowest BCUT2D eigenvalue weighted by Gasteiger charge is -2.24. The molecule has 11 heteroatoms. The minimum Gasteiger partial charge on any atom is -0.345 e. The topological polar surface area (TPSA) is 91.0 Å². The molecule has 3 heterocycles. The number of aromatic nitrogens is 3. The van der Waals surface area contributed by atoms with Crippen molar-refractivity contribution in [1.82, 2.24) is 19.9 Å². The highest BCUT2D eigenvalue weighted by Gasteiger charge is 2.25. The van der Waals surface area contributed by atoms with Crippen LogP contribution in [-0.4, -0.2) is 28.3 Å². The lowest BCUT2D eigenvalue weighted by atomic mass is 10.00. The van der Waals surface area contributed by atoms with Gasteiger partial charge < -0.3 is 9.88 Å². The summed E-state index contributed by atoms with van der Waals surface area (Å²) in [6.45, 7) is 6.95. The van der Waals surface area contributed by atoms with E-state index in [1.165, 1.54) is 25.4 Å². The van der Waals surface area contributed by atoms with E-state index in [2.05, 4.69) is 26.3 Å². The van der Waals surface area contributed by atoms with Crippen LogP contribution >= 0.6 is 0 Å². The number of aromatic amines is 1. The molecule has 0 saturated carbocycles. The zero-order chi connectivity index (χ0) is 25.3. The molecule has 0 amide bonds. The average molecular weight is 500 g/mol. The van der Waals surface area contributed by atoms with Crippen LogP contribution < -0.4 is 4.72 Å². The van der Waals surface area contributed by atoms with Crippen molar-refractivity contribution < 1.29 is 21.6 Å². The van der Waals surface area contributed by atoms with Crippen molar-refractivity contribution in [3.05, 3.63) is 108 Å². The van der Waals surface area contributed by atoms with E-state index < -0.39 is 43.6 Å². The van der Waals surface area contributed by atoms with E-state index in [0.29, 0.717) is 11.5 Å². The Kier molecular flexibility index (Phi) is 6.35. The highest BCUT2D eigenvalue weighted by Crippen LogP contribution is 2.34. The molecule has 3 aromatic rings. The summed E-state index contributed by atoms with van der Waals surface area (Å²) in [6, 6.07) is 2.68. The molecule has 0 aliphatic carbocycles. The maximum Gasteiger partial charge on any atom is 0.263 e. The third-order valence-electron chi connectivity index (χ3n) is 5.33. The molecule has 0 spiro atoms. The minimum absolute atomic E-state index is 0.0208. The first-order valence-corrected chi connectivity index (χ1v) is 11.8. The number of pyridine rings is 1. The molecule has 7 nitrogen and oxygen atoms in total. The van der Waals surface area contributed by atoms with Crippen molar-refractivity contribution in [3.63, 3.8) is 0 Å². The van der Waals surface area contributed by atoms with E-state index in [0.717, 1.165) is 30.0 Å². The van der Waals surface area contributed by atoms with Crippen LogP contribution in [0.3, 0.4) is 0 Å². The maximum absolute atomic E-state index is 15.5. The lowest BCUT2D eigenvalue weighted by Crippen LogP contribution is -2.17. The average Bonchev–Trinajstić information content (AvgIpc) is 3.37. The number of halogens is 3. The number of hydrogen-bond donors (Lipinski definition) is 2. The van der Waals surface area contributed by atoms with Gasteiger partial charge in [-0.15, -0.1) is 0 Å². The Labute approximate surface area is 200 Å². The summed E-state index contributed by atoms with van der Waals surface area (Å²) in [5.41, 5.74) is 0.649. The van der Waals surface area contributed by atoms with Crippen LogP contribution in [0, 0.1) is 24.4 Å². The van der Waals surface area contributed by atoms with Gasteiger partial charge in [-0.2, -0.15) is 0 Å². The number of sulfonamides is 1. The Hall–Kier alpha value is -4.12. The monoisotopic (exact) mass is 499 g/mol. The summed E-state index contributed by atoms with van der Waals surface area (Å²) < 4.78 is 71.4. The summed E-state index contributed by atoms with van der Waals surface area (Å²) in [5.74, 6) is -2.29. The van der Waals surface area contributed by atoms with Gasteiger partial charge in [0, 0.05) is 35.9 Å². The van der Waals surface area contributed by atoms with Gasteiger partial charge in [-0.25, -0.2) is 26.6 Å². The van der Waals surface area contributed by atoms with Gasteiger partial charge in [-0.1, -0.05) is 12.7 Å². The number of anilines is 1. The molecule has 1 aliphatic heterocycles. The quantitative estimate of drug-likeness (QED) is 0.491. The summed E-state index contributed by atoms with van der Waals surface area (Å²) in [7, 11) is -4.41. The Balaban J connectivity index is 1.74. The molecule has 0 atom stereocenters. The van der Waals surface area contributed by atoms with E-state index in [1.807, 2.05) is 6.92 Å². The zero-order valence-corrected chi connectivity index (χ0v) is 19.5. The van der Waals surface area contributed by atoms with Crippen LogP contribution in [-0.2, 0) is 10.0 Å². The van der Waals surface area contributed by atoms with Crippen molar-refractivity contribution in [3.8, 4) is 0 Å². The van der Waals surface area contributed by atoms with Crippen molar-refractivity contribution in [1.29, 1.82) is 0 Å². The molecule has 1 aliphatic rings. The maximum atomic E-state index is 15.5. The number of hydrogen-bond acceptors (Lipinski definition) is 5. The first kappa shape index (κ1) is 24.0. The third kappa shape index (κ3) is 4.62. The fourth-order valence-electron chi connectivity index (χ4n) is 3.58. The van der Waals surface area contributed by atoms with E-state index in [4.69, 9.17) is 0 Å². The van der Waals surface area contributed by atoms with E-state index in [-0.39, 0.29) is 11.3 Å². The first-order valence-electron chi connectivity index (χ1n) is 10.3. The summed E-state index contributed by atoms with van der Waals surface area (Å²) in [6.07, 6.45) is 10.2. The van der Waals surface area contributed by atoms with Crippen LogP contribution in [0.1, 0.15) is 24.0 Å². The number of nitrogens with one attached hydrogen (secondary N) is 2. The van der Waals surface area contributed by atoms with Gasteiger partial charge in [0.1, 0.15) is 22.4 Å². The van der Waals surface area contributed by atoms with Gasteiger partial charge in [-0.05, 0) is 38.1 Å². The van der Waals surface area contributed by atoms with Gasteiger partial charge in [-0.3, -0.25) is 9.71 Å². The molecular formula is C24H20F3N5O2S. The number of allylic oxidation sites excluding steroid dienone is 4. The second-order valence-electron chi connectivity index (χ2n) is 7.58. The van der Waals surface area contributed by atoms with Crippen molar-refractivity contribution in [2.45, 2.75) is 18.7 Å². The standard InChI is InChI=1S/C24H20F3N5O2S/c1-4-32-13-16(5-8-20(32)14(2)24-28-9-10-29-24)22-18(26)6-7-19(23(22)27)31-35(33,34)21-11-17(25)12-30-15(21)3/h4-13,31H,1H2,2-3H3,(H,28,29)/b20-14+. The predicted molar refractivity (Wildman–Crippen MR) is 126 cm³/mol. The first-order chi connectivity index (χ1) is 16.6. The lowest BCUT2D eigenvalue weighted by molar-refractivity contribution is 0.575. The molecule has 0 unspecified atom stereocenters. The molecule has 0 saturated heterocycles. The second kappa shape index (κ2) is 9.26. The van der Waals surface area contributed by atoms with Crippen molar-refractivity contribution >= 4 is 26.9 Å². The van der Waals surface area contributed by atoms with Crippen LogP contribution in [0.25, 0.3) is 11.1 Å². The molecule has 0 fully saturated rings. The molecule has 2 N–H and O–H groups in total. The van der Waals surface area contributed by atoms with Crippen LogP contribution in [0.15, 0.2) is 78.5 Å². The van der Waals surface area contributed by atoms with E-state index in [9.17, 15) is 17.2 Å². The molecule has 180 valence electrons. The molecule has 35 heavy (non-hydrogen) atoms. The molecule has 2 aromatic heterocycles. The third-order valence-corrected chi connectivity index (χ3v) is 6.81. The number of H-pyrrole nitrogens is 1. The van der Waals surface area contributed by atoms with Gasteiger partial charge in [0.15, 0.2) is 5.82 Å². The molecule has 4 rings (SSSR count). The van der Waals surface area contributed by atoms with Gasteiger partial charge in [0.2, 0.25) is 0 Å². The fraction of sp³-hybridized carbons (Fsp3) is 0.0833. The zero-order valence-electron chi connectivity index (χ0n) is 18.7. The normalized spacial score (nSPS) is 15.1. The molecule has 1 aromatic carbocycles. The van der Waals surface area contributed by atoms with Crippen molar-refractivity contribution in [2.75, 3.05) is 4.72 Å². The molecule has 0 bridgehead atoms. The predicted octanol–water partition coefficient (Wildman–Crippen LogP) is 5.12. The Morgan fingerprint density at radius 3 is 2.66 bits per heavy atom. The summed E-state index contributed by atoms with van der Waals surface area (Å²) in [5, 5.41) is 0. The highest BCUT2D eigenvalue weighted by atomic mass is 32.2. The molecule has 0 radical (unpaired) electrons. The number of aryl methyl sites for hydroxylation is 1. The Morgan fingerprint density at radius 1 is 1.20 bits per heavy atom. The largest absolute Gasteiger partial charge is 0.345 e.